The Balaban J connectivity index is 2.07. The number of nitrogens with zero attached hydrogens (tertiary/aromatic N) is 3. The Kier molecular flexibility index (Phi) is 6.56. The van der Waals surface area contributed by atoms with Gasteiger partial charge in [-0.1, -0.05) is 73.1 Å². The largest absolute Gasteiger partial charge is 0.351 e. The average Bonchev–Trinajstić information content (AvgIpc) is 3.10. The van der Waals surface area contributed by atoms with Crippen molar-refractivity contribution in [3.63, 3.8) is 0 Å². The van der Waals surface area contributed by atoms with Gasteiger partial charge in [0.2, 0.25) is 5.91 Å². The second-order valence-corrected chi connectivity index (χ2v) is 8.59. The van der Waals surface area contributed by atoms with Gasteiger partial charge in [-0.15, -0.1) is 10.2 Å². The predicted molar refractivity (Wildman–Crippen MR) is 118 cm³/mol. The summed E-state index contributed by atoms with van der Waals surface area (Å²) in [5, 5.41) is 11.0. The zero-order chi connectivity index (χ0) is 21.8. The molecule has 0 spiro atoms. The Morgan fingerprint density at radius 1 is 0.967 bits per heavy atom. The fraction of sp³-hybridized carbons (Fsp3) is 0.273. The lowest BCUT2D eigenvalue weighted by Gasteiger charge is -2.19. The van der Waals surface area contributed by atoms with E-state index in [1.54, 1.807) is 0 Å². The highest BCUT2D eigenvalue weighted by molar-refractivity contribution is 8.00. The van der Waals surface area contributed by atoms with Gasteiger partial charge in [-0.3, -0.25) is 14.7 Å². The molecule has 1 heterocycles. The molecule has 156 valence electrons. The summed E-state index contributed by atoms with van der Waals surface area (Å²) in [7, 11) is 0. The molecule has 0 saturated carbocycles. The minimum atomic E-state index is -0.869. The van der Waals surface area contributed by atoms with Gasteiger partial charge in [-0.05, 0) is 31.9 Å². The normalized spacial score (nSPS) is 12.0. The first-order valence-electron chi connectivity index (χ1n) is 9.62. The zero-order valence-electron chi connectivity index (χ0n) is 17.4. The van der Waals surface area contributed by atoms with Crippen LogP contribution >= 0.6 is 11.8 Å². The number of benzene rings is 2. The van der Waals surface area contributed by atoms with Gasteiger partial charge < -0.3 is 5.73 Å². The van der Waals surface area contributed by atoms with Gasteiger partial charge in [0, 0.05) is 11.3 Å². The number of imide groups is 1. The molecule has 0 aliphatic carbocycles. The Bertz CT molecular complexity index is 1040. The minimum Gasteiger partial charge on any atom is -0.351 e. The van der Waals surface area contributed by atoms with Crippen molar-refractivity contribution in [1.82, 2.24) is 20.1 Å². The number of hydrogen-bond donors (Lipinski definition) is 2. The molecule has 30 heavy (non-hydrogen) atoms. The first kappa shape index (κ1) is 21.6. The highest BCUT2D eigenvalue weighted by atomic mass is 32.2. The number of aryl methyl sites for hydroxylation is 2. The zero-order valence-corrected chi connectivity index (χ0v) is 18.2. The van der Waals surface area contributed by atoms with Crippen LogP contribution in [0.1, 0.15) is 25.0 Å². The lowest BCUT2D eigenvalue weighted by atomic mass is 10.1. The van der Waals surface area contributed by atoms with Gasteiger partial charge in [0.15, 0.2) is 11.0 Å². The monoisotopic (exact) mass is 423 g/mol. The number of carbonyl (C=O) groups is 2. The molecule has 0 aliphatic rings. The molecule has 0 radical (unpaired) electrons. The van der Waals surface area contributed by atoms with Crippen LogP contribution in [0.2, 0.25) is 0 Å². The van der Waals surface area contributed by atoms with Crippen LogP contribution in [0.5, 0.6) is 0 Å². The number of aromatic nitrogens is 3. The van der Waals surface area contributed by atoms with Crippen molar-refractivity contribution in [2.24, 2.45) is 11.7 Å². The number of amides is 3. The molecule has 1 atom stereocenters. The van der Waals surface area contributed by atoms with E-state index in [0.717, 1.165) is 22.4 Å². The van der Waals surface area contributed by atoms with Crippen molar-refractivity contribution < 1.29 is 9.59 Å². The highest BCUT2D eigenvalue weighted by Crippen LogP contribution is 2.33. The summed E-state index contributed by atoms with van der Waals surface area (Å²) < 4.78 is 1.93. The van der Waals surface area contributed by atoms with Gasteiger partial charge >= 0.3 is 6.03 Å². The van der Waals surface area contributed by atoms with Crippen LogP contribution in [0.15, 0.2) is 53.7 Å². The maximum atomic E-state index is 12.5. The van der Waals surface area contributed by atoms with Crippen LogP contribution in [0.25, 0.3) is 17.1 Å². The van der Waals surface area contributed by atoms with Crippen LogP contribution in [0, 0.1) is 19.8 Å². The summed E-state index contributed by atoms with van der Waals surface area (Å²) in [6, 6.07) is 15.2. The summed E-state index contributed by atoms with van der Waals surface area (Å²) >= 11 is 1.26. The van der Waals surface area contributed by atoms with Gasteiger partial charge in [0.1, 0.15) is 0 Å². The van der Waals surface area contributed by atoms with Crippen molar-refractivity contribution in [2.45, 2.75) is 38.1 Å². The van der Waals surface area contributed by atoms with Crippen molar-refractivity contribution in [1.29, 1.82) is 0 Å². The second kappa shape index (κ2) is 9.13. The molecular weight excluding hydrogens is 398 g/mol. The van der Waals surface area contributed by atoms with Crippen molar-refractivity contribution in [2.75, 3.05) is 0 Å². The van der Waals surface area contributed by atoms with Crippen LogP contribution in [-0.2, 0) is 4.79 Å². The van der Waals surface area contributed by atoms with Crippen molar-refractivity contribution in [3.05, 3.63) is 59.7 Å². The second-order valence-electron chi connectivity index (χ2n) is 7.48. The molecule has 0 saturated heterocycles. The molecule has 0 bridgehead atoms. The maximum absolute atomic E-state index is 12.5. The number of urea groups is 1. The fourth-order valence-electron chi connectivity index (χ4n) is 2.96. The van der Waals surface area contributed by atoms with Crippen LogP contribution in [-0.4, -0.2) is 32.0 Å². The van der Waals surface area contributed by atoms with E-state index in [4.69, 9.17) is 5.73 Å². The topological polar surface area (TPSA) is 103 Å². The van der Waals surface area contributed by atoms with Crippen LogP contribution in [0.3, 0.4) is 0 Å². The number of thioether (sulfide) groups is 1. The Morgan fingerprint density at radius 3 is 2.07 bits per heavy atom. The number of carbonyl (C=O) groups excluding carboxylic acids is 2. The Hall–Kier alpha value is -3.13. The molecule has 2 aromatic carbocycles. The Morgan fingerprint density at radius 2 is 1.53 bits per heavy atom. The van der Waals surface area contributed by atoms with E-state index in [9.17, 15) is 9.59 Å². The molecule has 3 amide bonds. The van der Waals surface area contributed by atoms with E-state index in [1.807, 2.05) is 80.8 Å². The predicted octanol–water partition coefficient (Wildman–Crippen LogP) is 3.86. The number of hydrogen-bond acceptors (Lipinski definition) is 5. The van der Waals surface area contributed by atoms with E-state index in [-0.39, 0.29) is 5.92 Å². The summed E-state index contributed by atoms with van der Waals surface area (Å²) in [5.41, 5.74) is 9.24. The summed E-state index contributed by atoms with van der Waals surface area (Å²) in [5.74, 6) is 0.178. The molecule has 8 heteroatoms. The molecular formula is C22H25N5O2S. The van der Waals surface area contributed by atoms with Gasteiger partial charge in [-0.25, -0.2) is 4.79 Å². The first-order valence-corrected chi connectivity index (χ1v) is 10.5. The quantitative estimate of drug-likeness (QED) is 0.586. The number of rotatable bonds is 6. The molecule has 3 aromatic rings. The minimum absolute atomic E-state index is 0.0552. The van der Waals surface area contributed by atoms with E-state index < -0.39 is 17.2 Å². The Labute approximate surface area is 180 Å². The molecule has 3 N–H and O–H groups in total. The molecule has 7 nitrogen and oxygen atoms in total. The SMILES string of the molecule is Cc1ccc(-c2nnc(SC(C(=O)NC(N)=O)C(C)C)n2-c2ccc(C)cc2)cc1. The summed E-state index contributed by atoms with van der Waals surface area (Å²) in [4.78, 5) is 23.7. The first-order chi connectivity index (χ1) is 14.3. The molecule has 0 aliphatic heterocycles. The van der Waals surface area contributed by atoms with E-state index >= 15 is 0 Å². The lowest BCUT2D eigenvalue weighted by molar-refractivity contribution is -0.120. The molecule has 1 unspecified atom stereocenters. The third-order valence-corrected chi connectivity index (χ3v) is 6.07. The summed E-state index contributed by atoms with van der Waals surface area (Å²) in [6.45, 7) is 7.87. The standard InChI is InChI=1S/C22H25N5O2S/c1-13(2)18(20(28)24-21(23)29)30-22-26-25-19(16-9-5-14(3)6-10-16)27(22)17-11-7-15(4)8-12-17/h5-13,18H,1-4H3,(H3,23,24,28,29). The molecule has 0 fully saturated rings. The van der Waals surface area contributed by atoms with Crippen molar-refractivity contribution in [3.8, 4) is 17.1 Å². The van der Waals surface area contributed by atoms with Gasteiger partial charge in [0.25, 0.3) is 0 Å². The van der Waals surface area contributed by atoms with Crippen LogP contribution < -0.4 is 11.1 Å². The van der Waals surface area contributed by atoms with Gasteiger partial charge in [0.05, 0.1) is 5.25 Å². The maximum Gasteiger partial charge on any atom is 0.318 e. The van der Waals surface area contributed by atoms with E-state index in [0.29, 0.717) is 11.0 Å². The number of nitrogens with two attached hydrogens (primary N) is 1. The third-order valence-electron chi connectivity index (χ3n) is 4.58. The van der Waals surface area contributed by atoms with Crippen LogP contribution in [0.4, 0.5) is 4.79 Å². The van der Waals surface area contributed by atoms with E-state index in [2.05, 4.69) is 15.5 Å². The van der Waals surface area contributed by atoms with Crippen molar-refractivity contribution >= 4 is 23.7 Å². The smallest absolute Gasteiger partial charge is 0.318 e. The summed E-state index contributed by atoms with van der Waals surface area (Å²) in [6.07, 6.45) is 0. The lowest BCUT2D eigenvalue weighted by Crippen LogP contribution is -2.42. The molecule has 3 rings (SSSR count). The number of nitrogens with one attached hydrogen (secondary N) is 1. The fourth-order valence-corrected chi connectivity index (χ4v) is 4.01. The van der Waals surface area contributed by atoms with E-state index in [1.165, 1.54) is 11.8 Å². The molecule has 1 aromatic heterocycles. The average molecular weight is 424 g/mol. The third kappa shape index (κ3) is 4.88. The highest BCUT2D eigenvalue weighted by Gasteiger charge is 2.28. The number of primary amides is 1. The van der Waals surface area contributed by atoms with Gasteiger partial charge in [-0.2, -0.15) is 0 Å².